The van der Waals surface area contributed by atoms with Gasteiger partial charge < -0.3 is 66.3 Å². The van der Waals surface area contributed by atoms with Gasteiger partial charge in [0, 0.05) is 71.1 Å². The van der Waals surface area contributed by atoms with Crippen LogP contribution < -0.4 is 0 Å². The predicted octanol–water partition coefficient (Wildman–Crippen LogP) is 0.272. The van der Waals surface area contributed by atoms with Crippen molar-refractivity contribution in [2.75, 3.05) is 97.5 Å². The highest BCUT2D eigenvalue weighted by Gasteiger charge is 2.53. The smallest absolute Gasteiger partial charge is 0.187 e. The first-order valence-electron chi connectivity index (χ1n) is 13.6. The summed E-state index contributed by atoms with van der Waals surface area (Å²) in [5.41, 5.74) is -1.02. The molecule has 0 N–H and O–H groups in total. The molecule has 14 heteroatoms. The first-order chi connectivity index (χ1) is 19.8. The van der Waals surface area contributed by atoms with Crippen molar-refractivity contribution in [2.24, 2.45) is 0 Å². The second-order valence-electron chi connectivity index (χ2n) is 10.0. The summed E-state index contributed by atoms with van der Waals surface area (Å²) in [4.78, 5) is 0. The SMILES string of the molecule is COC[C@H](OC)[C@@](COC)(CO[C@H]1O[C@@H](C)[C@H](OC)[C@@H](OC)[C@H]1O[C@@H]1O[C@H](COC)[C@H](OC)[C@H](OC)[C@H]1OC)OC. The van der Waals surface area contributed by atoms with Crippen LogP contribution >= 0.6 is 0 Å². The summed E-state index contributed by atoms with van der Waals surface area (Å²) in [6.07, 6.45) is -6.83. The minimum absolute atomic E-state index is 0.0164. The zero-order valence-corrected chi connectivity index (χ0v) is 26.4. The Labute approximate surface area is 244 Å². The Balaban J connectivity index is 2.43. The molecule has 2 aliphatic rings. The maximum absolute atomic E-state index is 6.61. The van der Waals surface area contributed by atoms with Gasteiger partial charge in [-0.3, -0.25) is 0 Å². The zero-order chi connectivity index (χ0) is 30.6. The average Bonchev–Trinajstić information content (AvgIpc) is 2.98. The van der Waals surface area contributed by atoms with Crippen LogP contribution in [0.15, 0.2) is 0 Å². The van der Waals surface area contributed by atoms with Crippen molar-refractivity contribution >= 4 is 0 Å². The average molecular weight is 601 g/mol. The van der Waals surface area contributed by atoms with Gasteiger partial charge in [0.2, 0.25) is 0 Å². The summed E-state index contributed by atoms with van der Waals surface area (Å²) in [7, 11) is 15.8. The summed E-state index contributed by atoms with van der Waals surface area (Å²) in [6.45, 7) is 2.55. The molecule has 2 fully saturated rings. The van der Waals surface area contributed by atoms with Gasteiger partial charge in [-0.25, -0.2) is 0 Å². The molecular formula is C27H52O14. The van der Waals surface area contributed by atoms with E-state index in [0.717, 1.165) is 0 Å². The molecule has 0 radical (unpaired) electrons. The first-order valence-corrected chi connectivity index (χ1v) is 13.6. The van der Waals surface area contributed by atoms with E-state index >= 15 is 0 Å². The van der Waals surface area contributed by atoms with E-state index < -0.39 is 73.1 Å². The van der Waals surface area contributed by atoms with Crippen LogP contribution in [0, 0.1) is 0 Å². The van der Waals surface area contributed by atoms with Crippen LogP contribution in [0.2, 0.25) is 0 Å². The van der Waals surface area contributed by atoms with Gasteiger partial charge in [-0.05, 0) is 6.92 Å². The molecule has 0 unspecified atom stereocenters. The highest BCUT2D eigenvalue weighted by atomic mass is 16.8. The molecule has 0 spiro atoms. The van der Waals surface area contributed by atoms with E-state index in [2.05, 4.69) is 0 Å². The standard InChI is InChI=1S/C27H52O14/c1-16-19(32-6)21(34-8)24(25(39-16)38-15-27(37-11,14-30-4)18(31-5)13-29-3)41-26-23(36-10)22(35-9)20(33-7)17(40-26)12-28-2/h16-26H,12-15H2,1-11H3/t16-,17+,18-,19-,20-,21+,22-,23+,24+,25-,26-,27+/m0/s1. The van der Waals surface area contributed by atoms with E-state index in [-0.39, 0.29) is 26.4 Å². The summed E-state index contributed by atoms with van der Waals surface area (Å²) in [5, 5.41) is 0. The number of rotatable bonds is 19. The molecule has 0 saturated carbocycles. The summed E-state index contributed by atoms with van der Waals surface area (Å²) in [5.74, 6) is 0. The predicted molar refractivity (Wildman–Crippen MR) is 144 cm³/mol. The lowest BCUT2D eigenvalue weighted by Crippen LogP contribution is -2.66. The normalized spacial score (nSPS) is 36.7. The van der Waals surface area contributed by atoms with Crippen molar-refractivity contribution in [3.8, 4) is 0 Å². The van der Waals surface area contributed by atoms with Crippen LogP contribution in [-0.4, -0.2) is 171 Å². The molecule has 41 heavy (non-hydrogen) atoms. The first kappa shape index (κ1) is 36.6. The van der Waals surface area contributed by atoms with Gasteiger partial charge in [0.1, 0.15) is 54.4 Å². The molecule has 2 saturated heterocycles. The molecule has 2 aliphatic heterocycles. The van der Waals surface area contributed by atoms with E-state index in [1.165, 1.54) is 0 Å². The summed E-state index contributed by atoms with van der Waals surface area (Å²) >= 11 is 0. The third-order valence-corrected chi connectivity index (χ3v) is 7.78. The third kappa shape index (κ3) is 8.54. The molecular weight excluding hydrogens is 548 g/mol. The fourth-order valence-electron chi connectivity index (χ4n) is 5.62. The van der Waals surface area contributed by atoms with Gasteiger partial charge in [0.25, 0.3) is 0 Å². The molecule has 0 bridgehead atoms. The van der Waals surface area contributed by atoms with Crippen molar-refractivity contribution < 1.29 is 66.3 Å². The summed E-state index contributed by atoms with van der Waals surface area (Å²) in [6, 6.07) is 0. The molecule has 0 aromatic rings. The Morgan fingerprint density at radius 3 is 1.71 bits per heavy atom. The molecule has 0 aromatic heterocycles. The largest absolute Gasteiger partial charge is 0.382 e. The molecule has 12 atom stereocenters. The fraction of sp³-hybridized carbons (Fsp3) is 1.00. The second-order valence-corrected chi connectivity index (χ2v) is 10.0. The van der Waals surface area contributed by atoms with Crippen LogP contribution in [0.25, 0.3) is 0 Å². The highest BCUT2D eigenvalue weighted by molar-refractivity contribution is 4.97. The lowest BCUT2D eigenvalue weighted by Gasteiger charge is -2.49. The molecule has 244 valence electrons. The quantitative estimate of drug-likeness (QED) is 0.201. The Kier molecular flexibility index (Phi) is 16.3. The highest BCUT2D eigenvalue weighted by Crippen LogP contribution is 2.34. The molecule has 14 nitrogen and oxygen atoms in total. The van der Waals surface area contributed by atoms with Gasteiger partial charge in [-0.1, -0.05) is 0 Å². The fourth-order valence-corrected chi connectivity index (χ4v) is 5.62. The second kappa shape index (κ2) is 18.3. The van der Waals surface area contributed by atoms with Crippen molar-refractivity contribution in [3.05, 3.63) is 0 Å². The lowest BCUT2D eigenvalue weighted by molar-refractivity contribution is -0.375. The minimum atomic E-state index is -1.02. The van der Waals surface area contributed by atoms with Gasteiger partial charge in [0.05, 0.1) is 32.5 Å². The van der Waals surface area contributed by atoms with Crippen molar-refractivity contribution in [3.63, 3.8) is 0 Å². The molecule has 0 aromatic carbocycles. The number of hydrogen-bond acceptors (Lipinski definition) is 14. The van der Waals surface area contributed by atoms with Crippen LogP contribution in [0.5, 0.6) is 0 Å². The van der Waals surface area contributed by atoms with Crippen molar-refractivity contribution in [1.82, 2.24) is 0 Å². The van der Waals surface area contributed by atoms with Crippen LogP contribution in [0.3, 0.4) is 0 Å². The van der Waals surface area contributed by atoms with Crippen molar-refractivity contribution in [1.29, 1.82) is 0 Å². The minimum Gasteiger partial charge on any atom is -0.382 e. The molecule has 0 aliphatic carbocycles. The van der Waals surface area contributed by atoms with E-state index in [0.29, 0.717) is 0 Å². The lowest BCUT2D eigenvalue weighted by atomic mass is 9.96. The number of methoxy groups -OCH3 is 10. The monoisotopic (exact) mass is 600 g/mol. The Morgan fingerprint density at radius 2 is 1.22 bits per heavy atom. The summed E-state index contributed by atoms with van der Waals surface area (Å²) < 4.78 is 82.5. The number of hydrogen-bond donors (Lipinski definition) is 0. The topological polar surface area (TPSA) is 129 Å². The van der Waals surface area contributed by atoms with E-state index in [4.69, 9.17) is 66.3 Å². The van der Waals surface area contributed by atoms with E-state index in [1.54, 1.807) is 71.1 Å². The van der Waals surface area contributed by atoms with E-state index in [9.17, 15) is 0 Å². The third-order valence-electron chi connectivity index (χ3n) is 7.78. The Morgan fingerprint density at radius 1 is 0.610 bits per heavy atom. The maximum atomic E-state index is 6.61. The molecule has 2 rings (SSSR count). The van der Waals surface area contributed by atoms with Crippen LogP contribution in [-0.2, 0) is 66.3 Å². The Bertz CT molecular complexity index is 703. The van der Waals surface area contributed by atoms with E-state index in [1.807, 2.05) is 6.92 Å². The van der Waals surface area contributed by atoms with Gasteiger partial charge in [0.15, 0.2) is 12.6 Å². The maximum Gasteiger partial charge on any atom is 0.187 e. The van der Waals surface area contributed by atoms with Gasteiger partial charge in [-0.15, -0.1) is 0 Å². The van der Waals surface area contributed by atoms with Gasteiger partial charge >= 0.3 is 0 Å². The van der Waals surface area contributed by atoms with Crippen LogP contribution in [0.1, 0.15) is 6.92 Å². The van der Waals surface area contributed by atoms with Gasteiger partial charge in [-0.2, -0.15) is 0 Å². The van der Waals surface area contributed by atoms with Crippen molar-refractivity contribution in [2.45, 2.75) is 80.0 Å². The molecule has 0 amide bonds. The number of ether oxygens (including phenoxy) is 14. The van der Waals surface area contributed by atoms with Crippen LogP contribution in [0.4, 0.5) is 0 Å². The zero-order valence-electron chi connectivity index (χ0n) is 26.4. The Hall–Kier alpha value is -0.560. The molecule has 2 heterocycles.